The Hall–Kier alpha value is -0.530. The maximum Gasteiger partial charge on any atom is 0.220 e. The lowest BCUT2D eigenvalue weighted by atomic mass is 9.62. The van der Waals surface area contributed by atoms with E-state index in [1.165, 1.54) is 19.3 Å². The van der Waals surface area contributed by atoms with Gasteiger partial charge in [-0.3, -0.25) is 4.79 Å². The first-order chi connectivity index (χ1) is 6.14. The molecule has 0 aromatic rings. The number of amides is 1. The largest absolute Gasteiger partial charge is 0.356 e. The summed E-state index contributed by atoms with van der Waals surface area (Å²) in [5.41, 5.74) is 0.314. The number of hydrogen-bond acceptors (Lipinski definition) is 1. The molecule has 0 radical (unpaired) electrons. The van der Waals surface area contributed by atoms with Crippen LogP contribution in [-0.2, 0) is 4.79 Å². The molecule has 2 heteroatoms. The Morgan fingerprint density at radius 2 is 2.23 bits per heavy atom. The average molecular weight is 181 g/mol. The zero-order valence-electron chi connectivity index (χ0n) is 8.60. The third kappa shape index (κ3) is 1.36. The monoisotopic (exact) mass is 181 g/mol. The van der Waals surface area contributed by atoms with Gasteiger partial charge in [-0.25, -0.2) is 0 Å². The second-order valence-electron chi connectivity index (χ2n) is 4.97. The van der Waals surface area contributed by atoms with E-state index < -0.39 is 0 Å². The van der Waals surface area contributed by atoms with E-state index in [0.29, 0.717) is 11.3 Å². The molecular formula is C11H19NO. The zero-order chi connectivity index (χ0) is 9.47. The van der Waals surface area contributed by atoms with Crippen LogP contribution in [-0.4, -0.2) is 12.5 Å². The Balaban J connectivity index is 2.16. The molecule has 3 unspecified atom stereocenters. The minimum atomic E-state index is 0.265. The smallest absolute Gasteiger partial charge is 0.220 e. The van der Waals surface area contributed by atoms with Crippen LogP contribution in [0.25, 0.3) is 0 Å². The maximum atomic E-state index is 11.3. The molecule has 1 aliphatic heterocycles. The minimum absolute atomic E-state index is 0.265. The van der Waals surface area contributed by atoms with Crippen LogP contribution in [0, 0.1) is 17.3 Å². The second kappa shape index (κ2) is 3.00. The van der Waals surface area contributed by atoms with Gasteiger partial charge in [0, 0.05) is 13.0 Å². The lowest BCUT2D eigenvalue weighted by Crippen LogP contribution is -2.38. The molecule has 2 nitrogen and oxygen atoms in total. The van der Waals surface area contributed by atoms with E-state index >= 15 is 0 Å². The lowest BCUT2D eigenvalue weighted by molar-refractivity contribution is -0.120. The highest BCUT2D eigenvalue weighted by Crippen LogP contribution is 2.47. The first-order valence-electron chi connectivity index (χ1n) is 5.41. The average Bonchev–Trinajstić information content (AvgIpc) is 2.45. The van der Waals surface area contributed by atoms with Gasteiger partial charge in [0.15, 0.2) is 0 Å². The molecule has 0 aromatic carbocycles. The Kier molecular flexibility index (Phi) is 2.09. The molecule has 1 N–H and O–H groups in total. The van der Waals surface area contributed by atoms with E-state index in [1.54, 1.807) is 0 Å². The Morgan fingerprint density at radius 1 is 1.46 bits per heavy atom. The van der Waals surface area contributed by atoms with Gasteiger partial charge in [0.1, 0.15) is 0 Å². The van der Waals surface area contributed by atoms with Crippen LogP contribution in [0.2, 0.25) is 0 Å². The van der Waals surface area contributed by atoms with Crippen LogP contribution in [0.5, 0.6) is 0 Å². The summed E-state index contributed by atoms with van der Waals surface area (Å²) in [6, 6.07) is 0. The van der Waals surface area contributed by atoms with Gasteiger partial charge in [-0.05, 0) is 23.7 Å². The summed E-state index contributed by atoms with van der Waals surface area (Å²) in [6.45, 7) is 5.58. The van der Waals surface area contributed by atoms with Gasteiger partial charge >= 0.3 is 0 Å². The van der Waals surface area contributed by atoms with E-state index in [4.69, 9.17) is 0 Å². The van der Waals surface area contributed by atoms with E-state index in [9.17, 15) is 4.79 Å². The molecule has 1 saturated carbocycles. The fraction of sp³-hybridized carbons (Fsp3) is 0.909. The number of nitrogens with one attached hydrogen (secondary N) is 1. The molecule has 74 valence electrons. The van der Waals surface area contributed by atoms with Crippen molar-refractivity contribution >= 4 is 5.91 Å². The summed E-state index contributed by atoms with van der Waals surface area (Å²) in [4.78, 5) is 11.3. The van der Waals surface area contributed by atoms with Crippen LogP contribution in [0.3, 0.4) is 0 Å². The molecule has 1 heterocycles. The van der Waals surface area contributed by atoms with Crippen LogP contribution in [0.15, 0.2) is 0 Å². The quantitative estimate of drug-likeness (QED) is 0.608. The fourth-order valence-corrected chi connectivity index (χ4v) is 3.08. The van der Waals surface area contributed by atoms with E-state index in [-0.39, 0.29) is 5.91 Å². The van der Waals surface area contributed by atoms with Gasteiger partial charge < -0.3 is 5.32 Å². The molecule has 1 saturated heterocycles. The summed E-state index contributed by atoms with van der Waals surface area (Å²) >= 11 is 0. The highest BCUT2D eigenvalue weighted by molar-refractivity contribution is 5.79. The predicted molar refractivity (Wildman–Crippen MR) is 52.2 cm³/mol. The third-order valence-electron chi connectivity index (χ3n) is 4.30. The normalized spacial score (nSPS) is 45.2. The van der Waals surface area contributed by atoms with Crippen LogP contribution < -0.4 is 5.32 Å². The molecule has 3 atom stereocenters. The second-order valence-corrected chi connectivity index (χ2v) is 4.97. The maximum absolute atomic E-state index is 11.3. The van der Waals surface area contributed by atoms with Crippen molar-refractivity contribution in [2.45, 2.75) is 39.5 Å². The SMILES string of the molecule is CC1CCCC2(CNC(=O)C2)C1C. The number of carbonyl (C=O) groups is 1. The fourth-order valence-electron chi connectivity index (χ4n) is 3.08. The molecule has 0 aromatic heterocycles. The molecular weight excluding hydrogens is 162 g/mol. The molecule has 2 aliphatic rings. The Bertz CT molecular complexity index is 226. The van der Waals surface area contributed by atoms with E-state index in [2.05, 4.69) is 19.2 Å². The van der Waals surface area contributed by atoms with Crippen molar-refractivity contribution in [3.8, 4) is 0 Å². The summed E-state index contributed by atoms with van der Waals surface area (Å²) in [6.07, 6.45) is 4.67. The third-order valence-corrected chi connectivity index (χ3v) is 4.30. The summed E-state index contributed by atoms with van der Waals surface area (Å²) in [5, 5.41) is 2.99. The first-order valence-corrected chi connectivity index (χ1v) is 5.41. The van der Waals surface area contributed by atoms with Gasteiger partial charge in [-0.1, -0.05) is 26.7 Å². The van der Waals surface area contributed by atoms with E-state index in [0.717, 1.165) is 18.9 Å². The highest BCUT2D eigenvalue weighted by Gasteiger charge is 2.46. The number of rotatable bonds is 0. The standard InChI is InChI=1S/C11H19NO/c1-8-4-3-5-11(9(8)2)6-10(13)12-7-11/h8-9H,3-7H2,1-2H3,(H,12,13). The van der Waals surface area contributed by atoms with Crippen molar-refractivity contribution in [2.24, 2.45) is 17.3 Å². The Morgan fingerprint density at radius 3 is 2.85 bits per heavy atom. The van der Waals surface area contributed by atoms with Crippen LogP contribution in [0.4, 0.5) is 0 Å². The number of carbonyl (C=O) groups excluding carboxylic acids is 1. The van der Waals surface area contributed by atoms with Crippen molar-refractivity contribution in [3.05, 3.63) is 0 Å². The summed E-state index contributed by atoms with van der Waals surface area (Å²) in [7, 11) is 0. The molecule has 1 spiro atoms. The molecule has 1 aliphatic carbocycles. The zero-order valence-corrected chi connectivity index (χ0v) is 8.60. The number of hydrogen-bond donors (Lipinski definition) is 1. The van der Waals surface area contributed by atoms with Crippen LogP contribution in [0.1, 0.15) is 39.5 Å². The van der Waals surface area contributed by atoms with Gasteiger partial charge in [0.2, 0.25) is 5.91 Å². The predicted octanol–water partition coefficient (Wildman–Crippen LogP) is 1.95. The summed E-state index contributed by atoms with van der Waals surface area (Å²) in [5.74, 6) is 1.77. The molecule has 1 amide bonds. The molecule has 2 rings (SSSR count). The van der Waals surface area contributed by atoms with E-state index in [1.807, 2.05) is 0 Å². The van der Waals surface area contributed by atoms with Crippen molar-refractivity contribution < 1.29 is 4.79 Å². The Labute approximate surface area is 80.1 Å². The molecule has 0 bridgehead atoms. The van der Waals surface area contributed by atoms with Crippen molar-refractivity contribution in [3.63, 3.8) is 0 Å². The lowest BCUT2D eigenvalue weighted by Gasteiger charge is -2.42. The van der Waals surface area contributed by atoms with Gasteiger partial charge in [0.25, 0.3) is 0 Å². The molecule has 13 heavy (non-hydrogen) atoms. The minimum Gasteiger partial charge on any atom is -0.356 e. The van der Waals surface area contributed by atoms with Crippen molar-refractivity contribution in [1.82, 2.24) is 5.32 Å². The highest BCUT2D eigenvalue weighted by atomic mass is 16.1. The van der Waals surface area contributed by atoms with Gasteiger partial charge in [-0.15, -0.1) is 0 Å². The first kappa shape index (κ1) is 9.04. The van der Waals surface area contributed by atoms with Gasteiger partial charge in [0.05, 0.1) is 0 Å². The summed E-state index contributed by atoms with van der Waals surface area (Å²) < 4.78 is 0. The van der Waals surface area contributed by atoms with Crippen LogP contribution >= 0.6 is 0 Å². The molecule has 2 fully saturated rings. The van der Waals surface area contributed by atoms with Gasteiger partial charge in [-0.2, -0.15) is 0 Å². The topological polar surface area (TPSA) is 29.1 Å². The van der Waals surface area contributed by atoms with Crippen molar-refractivity contribution in [1.29, 1.82) is 0 Å². The van der Waals surface area contributed by atoms with Crippen molar-refractivity contribution in [2.75, 3.05) is 6.54 Å².